The molecule has 152 valence electrons. The third-order valence-corrected chi connectivity index (χ3v) is 5.25. The van der Waals surface area contributed by atoms with E-state index in [1.165, 1.54) is 0 Å². The molecule has 0 saturated heterocycles. The van der Waals surface area contributed by atoms with E-state index in [1.807, 2.05) is 63.2 Å². The SMILES string of the molecule is CCOc1ccccc1NC(=O)c1nnc2c(-c3ccc(Br)cc3)c(C)nn2c1C. The largest absolute Gasteiger partial charge is 0.492 e. The van der Waals surface area contributed by atoms with Gasteiger partial charge in [-0.05, 0) is 50.6 Å². The Morgan fingerprint density at radius 1 is 1.10 bits per heavy atom. The number of hydrogen-bond donors (Lipinski definition) is 1. The van der Waals surface area contributed by atoms with Crippen LogP contribution in [0, 0.1) is 13.8 Å². The minimum atomic E-state index is -0.368. The van der Waals surface area contributed by atoms with Gasteiger partial charge in [0.25, 0.3) is 5.91 Å². The van der Waals surface area contributed by atoms with E-state index < -0.39 is 0 Å². The number of carbonyl (C=O) groups is 1. The van der Waals surface area contributed by atoms with Gasteiger partial charge in [-0.1, -0.05) is 40.2 Å². The van der Waals surface area contributed by atoms with Crippen molar-refractivity contribution >= 4 is 33.2 Å². The van der Waals surface area contributed by atoms with E-state index in [0.29, 0.717) is 29.4 Å². The van der Waals surface area contributed by atoms with Crippen molar-refractivity contribution in [1.82, 2.24) is 19.8 Å². The fourth-order valence-corrected chi connectivity index (χ4v) is 3.57. The van der Waals surface area contributed by atoms with Crippen LogP contribution in [0.2, 0.25) is 0 Å². The van der Waals surface area contributed by atoms with Gasteiger partial charge in [-0.25, -0.2) is 4.52 Å². The average molecular weight is 466 g/mol. The lowest BCUT2D eigenvalue weighted by molar-refractivity contribution is 0.101. The molecule has 0 aliphatic heterocycles. The molecule has 0 aliphatic rings. The molecule has 0 fully saturated rings. The van der Waals surface area contributed by atoms with Crippen LogP contribution in [0.1, 0.15) is 28.8 Å². The highest BCUT2D eigenvalue weighted by Crippen LogP contribution is 2.29. The van der Waals surface area contributed by atoms with Crippen LogP contribution in [0.15, 0.2) is 53.0 Å². The highest BCUT2D eigenvalue weighted by molar-refractivity contribution is 9.10. The molecule has 30 heavy (non-hydrogen) atoms. The van der Waals surface area contributed by atoms with Crippen LogP contribution in [-0.4, -0.2) is 32.3 Å². The van der Waals surface area contributed by atoms with Crippen LogP contribution in [0.4, 0.5) is 5.69 Å². The number of rotatable bonds is 5. The van der Waals surface area contributed by atoms with E-state index in [4.69, 9.17) is 4.74 Å². The van der Waals surface area contributed by atoms with Crippen molar-refractivity contribution in [2.75, 3.05) is 11.9 Å². The minimum Gasteiger partial charge on any atom is -0.492 e. The summed E-state index contributed by atoms with van der Waals surface area (Å²) in [5.41, 5.74) is 4.70. The Morgan fingerprint density at radius 3 is 2.57 bits per heavy atom. The van der Waals surface area contributed by atoms with Crippen LogP contribution in [0.25, 0.3) is 16.8 Å². The van der Waals surface area contributed by atoms with Crippen LogP contribution in [-0.2, 0) is 0 Å². The van der Waals surface area contributed by atoms with Gasteiger partial charge in [0.15, 0.2) is 11.3 Å². The summed E-state index contributed by atoms with van der Waals surface area (Å²) in [6.45, 7) is 6.13. The molecule has 0 radical (unpaired) electrons. The maximum Gasteiger partial charge on any atom is 0.278 e. The first-order valence-electron chi connectivity index (χ1n) is 9.51. The summed E-state index contributed by atoms with van der Waals surface area (Å²) in [6, 6.07) is 15.2. The fraction of sp³-hybridized carbons (Fsp3) is 0.182. The zero-order valence-electron chi connectivity index (χ0n) is 16.8. The highest BCUT2D eigenvalue weighted by Gasteiger charge is 2.21. The molecule has 4 rings (SSSR count). The molecule has 2 aromatic heterocycles. The molecule has 0 bridgehead atoms. The third kappa shape index (κ3) is 3.66. The minimum absolute atomic E-state index is 0.207. The number of amides is 1. The van der Waals surface area contributed by atoms with E-state index in [-0.39, 0.29) is 11.6 Å². The zero-order chi connectivity index (χ0) is 21.3. The number of carbonyl (C=O) groups excluding carboxylic acids is 1. The molecule has 8 heteroatoms. The first kappa shape index (κ1) is 20.0. The number of aryl methyl sites for hydroxylation is 2. The van der Waals surface area contributed by atoms with Crippen LogP contribution in [0.3, 0.4) is 0 Å². The predicted molar refractivity (Wildman–Crippen MR) is 119 cm³/mol. The van der Waals surface area contributed by atoms with Gasteiger partial charge in [-0.15, -0.1) is 10.2 Å². The Labute approximate surface area is 182 Å². The Kier molecular flexibility index (Phi) is 5.50. The molecule has 2 heterocycles. The molecular weight excluding hydrogens is 446 g/mol. The molecule has 4 aromatic rings. The first-order valence-corrected chi connectivity index (χ1v) is 10.3. The summed E-state index contributed by atoms with van der Waals surface area (Å²) in [5.74, 6) is 0.236. The number of anilines is 1. The average Bonchev–Trinajstić information content (AvgIpc) is 3.07. The molecule has 0 aliphatic carbocycles. The maximum atomic E-state index is 12.9. The quantitative estimate of drug-likeness (QED) is 0.456. The second-order valence-corrected chi connectivity index (χ2v) is 7.64. The smallest absolute Gasteiger partial charge is 0.278 e. The summed E-state index contributed by atoms with van der Waals surface area (Å²) in [4.78, 5) is 12.9. The topological polar surface area (TPSA) is 81.4 Å². The van der Waals surface area contributed by atoms with Gasteiger partial charge in [0.05, 0.1) is 29.2 Å². The normalized spacial score (nSPS) is 10.9. The van der Waals surface area contributed by atoms with Crippen LogP contribution in [0.5, 0.6) is 5.75 Å². The summed E-state index contributed by atoms with van der Waals surface area (Å²) < 4.78 is 8.24. The first-order chi connectivity index (χ1) is 14.5. The lowest BCUT2D eigenvalue weighted by atomic mass is 10.1. The molecular formula is C22H20BrN5O2. The Hall–Kier alpha value is -3.26. The number of hydrogen-bond acceptors (Lipinski definition) is 5. The van der Waals surface area contributed by atoms with Gasteiger partial charge in [0.2, 0.25) is 0 Å². The molecule has 0 spiro atoms. The van der Waals surface area contributed by atoms with Crippen LogP contribution < -0.4 is 10.1 Å². The van der Waals surface area contributed by atoms with Gasteiger partial charge in [0, 0.05) is 4.47 Å². The van der Waals surface area contributed by atoms with Crippen molar-refractivity contribution < 1.29 is 9.53 Å². The Morgan fingerprint density at radius 2 is 1.83 bits per heavy atom. The number of halogens is 1. The molecule has 2 aromatic carbocycles. The maximum absolute atomic E-state index is 12.9. The lowest BCUT2D eigenvalue weighted by Gasteiger charge is -2.12. The van der Waals surface area contributed by atoms with E-state index in [1.54, 1.807) is 10.6 Å². The fourth-order valence-electron chi connectivity index (χ4n) is 3.31. The van der Waals surface area contributed by atoms with Crippen molar-refractivity contribution in [2.24, 2.45) is 0 Å². The number of para-hydroxylation sites is 2. The van der Waals surface area contributed by atoms with Gasteiger partial charge in [-0.3, -0.25) is 4.79 Å². The molecule has 1 amide bonds. The van der Waals surface area contributed by atoms with Crippen molar-refractivity contribution in [3.8, 4) is 16.9 Å². The third-order valence-electron chi connectivity index (χ3n) is 4.72. The van der Waals surface area contributed by atoms with Crippen molar-refractivity contribution in [3.05, 3.63) is 70.1 Å². The monoisotopic (exact) mass is 465 g/mol. The number of benzene rings is 2. The standard InChI is InChI=1S/C22H20BrN5O2/c1-4-30-18-8-6-5-7-17(18)24-22(29)20-14(3)28-21(26-25-20)19(13(2)27-28)15-9-11-16(23)12-10-15/h5-12H,4H2,1-3H3,(H,24,29). The molecule has 1 N–H and O–H groups in total. The van der Waals surface area contributed by atoms with Gasteiger partial charge >= 0.3 is 0 Å². The molecule has 7 nitrogen and oxygen atoms in total. The predicted octanol–water partition coefficient (Wildman–Crippen LogP) is 4.82. The van der Waals surface area contributed by atoms with Crippen molar-refractivity contribution in [1.29, 1.82) is 0 Å². The second kappa shape index (κ2) is 8.23. The van der Waals surface area contributed by atoms with E-state index in [9.17, 15) is 4.79 Å². The molecule has 0 atom stereocenters. The van der Waals surface area contributed by atoms with Gasteiger partial charge < -0.3 is 10.1 Å². The number of fused-ring (bicyclic) bond motifs is 1. The van der Waals surface area contributed by atoms with E-state index in [2.05, 4.69) is 36.5 Å². The lowest BCUT2D eigenvalue weighted by Crippen LogP contribution is -2.19. The Bertz CT molecular complexity index is 1230. The van der Waals surface area contributed by atoms with Crippen molar-refractivity contribution in [2.45, 2.75) is 20.8 Å². The summed E-state index contributed by atoms with van der Waals surface area (Å²) in [7, 11) is 0. The second-order valence-electron chi connectivity index (χ2n) is 6.72. The zero-order valence-corrected chi connectivity index (χ0v) is 18.4. The highest BCUT2D eigenvalue weighted by atomic mass is 79.9. The van der Waals surface area contributed by atoms with E-state index in [0.717, 1.165) is 21.3 Å². The molecule has 0 saturated carbocycles. The number of nitrogens with zero attached hydrogens (tertiary/aromatic N) is 4. The molecule has 0 unspecified atom stereocenters. The van der Waals surface area contributed by atoms with Crippen molar-refractivity contribution in [3.63, 3.8) is 0 Å². The van der Waals surface area contributed by atoms with E-state index >= 15 is 0 Å². The van der Waals surface area contributed by atoms with Gasteiger partial charge in [-0.2, -0.15) is 5.10 Å². The number of nitrogens with one attached hydrogen (secondary N) is 1. The number of ether oxygens (including phenoxy) is 1. The summed E-state index contributed by atoms with van der Waals surface area (Å²) in [6.07, 6.45) is 0. The summed E-state index contributed by atoms with van der Waals surface area (Å²) in [5, 5.41) is 16.0. The summed E-state index contributed by atoms with van der Waals surface area (Å²) >= 11 is 3.45. The Balaban J connectivity index is 1.72. The van der Waals surface area contributed by atoms with Crippen LogP contribution >= 0.6 is 15.9 Å². The van der Waals surface area contributed by atoms with Gasteiger partial charge in [0.1, 0.15) is 5.75 Å². The number of aromatic nitrogens is 4.